The first kappa shape index (κ1) is 16.0. The molecule has 0 fully saturated rings. The molecule has 1 rings (SSSR count). The number of carboxylic acid groups (broad SMARTS) is 1. The molecule has 6 heteroatoms. The third-order valence-corrected chi connectivity index (χ3v) is 2.68. The van der Waals surface area contributed by atoms with E-state index in [9.17, 15) is 9.59 Å². The lowest BCUT2D eigenvalue weighted by Crippen LogP contribution is -2.23. The fraction of sp³-hybridized carbons (Fsp3) is 0.429. The summed E-state index contributed by atoms with van der Waals surface area (Å²) in [6, 6.07) is 6.54. The molecular formula is C14H20N2O4. The number of aromatic carboxylic acids is 1. The van der Waals surface area contributed by atoms with Crippen LogP contribution in [0.3, 0.4) is 0 Å². The van der Waals surface area contributed by atoms with Crippen LogP contribution in [0.25, 0.3) is 0 Å². The summed E-state index contributed by atoms with van der Waals surface area (Å²) in [7, 11) is 0. The normalized spacial score (nSPS) is 10.2. The maximum Gasteiger partial charge on any atom is 0.339 e. The molecule has 0 unspecified atom stereocenters. The molecule has 0 aliphatic heterocycles. The molecule has 0 saturated heterocycles. The summed E-state index contributed by atoms with van der Waals surface area (Å²) in [4.78, 5) is 21.5. The van der Waals surface area contributed by atoms with E-state index in [-0.39, 0.29) is 11.5 Å². The lowest BCUT2D eigenvalue weighted by molar-refractivity contribution is -0.118. The van der Waals surface area contributed by atoms with Gasteiger partial charge < -0.3 is 20.9 Å². The standard InChI is InChI=1S/C14H20N2O4/c15-13(17)7-3-4-8-16-9-10-20-12-6-2-1-5-11(12)14(18)19/h1-2,5-6,16H,3-4,7-10H2,(H2,15,17)(H,18,19). The molecule has 0 aliphatic rings. The number of primary amides is 1. The van der Waals surface area contributed by atoms with E-state index in [0.717, 1.165) is 19.4 Å². The maximum absolute atomic E-state index is 11.0. The van der Waals surface area contributed by atoms with Crippen LogP contribution >= 0.6 is 0 Å². The number of unbranched alkanes of at least 4 members (excludes halogenated alkanes) is 1. The molecule has 110 valence electrons. The van der Waals surface area contributed by atoms with Gasteiger partial charge in [0.15, 0.2) is 0 Å². The summed E-state index contributed by atoms with van der Waals surface area (Å²) in [5.41, 5.74) is 5.19. The molecule has 0 radical (unpaired) electrons. The zero-order valence-electron chi connectivity index (χ0n) is 11.3. The number of benzene rings is 1. The maximum atomic E-state index is 11.0. The van der Waals surface area contributed by atoms with Crippen molar-refractivity contribution in [2.75, 3.05) is 19.7 Å². The minimum Gasteiger partial charge on any atom is -0.491 e. The van der Waals surface area contributed by atoms with Crippen LogP contribution in [-0.4, -0.2) is 36.7 Å². The molecule has 1 amide bonds. The zero-order chi connectivity index (χ0) is 14.8. The Kier molecular flexibility index (Phi) is 7.13. The first-order valence-corrected chi connectivity index (χ1v) is 6.55. The predicted octanol–water partition coefficient (Wildman–Crippen LogP) is 1.01. The summed E-state index contributed by atoms with van der Waals surface area (Å²) >= 11 is 0. The number of carbonyl (C=O) groups is 2. The van der Waals surface area contributed by atoms with Gasteiger partial charge in [0, 0.05) is 13.0 Å². The number of ether oxygens (including phenoxy) is 1. The first-order chi connectivity index (χ1) is 9.61. The first-order valence-electron chi connectivity index (χ1n) is 6.55. The van der Waals surface area contributed by atoms with Gasteiger partial charge in [0.2, 0.25) is 5.91 Å². The van der Waals surface area contributed by atoms with Crippen molar-refractivity contribution in [3.63, 3.8) is 0 Å². The Morgan fingerprint density at radius 1 is 1.20 bits per heavy atom. The fourth-order valence-electron chi connectivity index (χ4n) is 1.68. The third-order valence-electron chi connectivity index (χ3n) is 2.68. The van der Waals surface area contributed by atoms with Crippen molar-refractivity contribution in [3.05, 3.63) is 29.8 Å². The smallest absolute Gasteiger partial charge is 0.339 e. The fourth-order valence-corrected chi connectivity index (χ4v) is 1.68. The highest BCUT2D eigenvalue weighted by Crippen LogP contribution is 2.17. The Labute approximate surface area is 117 Å². The van der Waals surface area contributed by atoms with Crippen molar-refractivity contribution in [1.29, 1.82) is 0 Å². The van der Waals surface area contributed by atoms with Crippen LogP contribution in [0.1, 0.15) is 29.6 Å². The SMILES string of the molecule is NC(=O)CCCCNCCOc1ccccc1C(=O)O. The Bertz CT molecular complexity index is 449. The zero-order valence-corrected chi connectivity index (χ0v) is 11.3. The van der Waals surface area contributed by atoms with Crippen LogP contribution in [0.2, 0.25) is 0 Å². The number of hydrogen-bond donors (Lipinski definition) is 3. The van der Waals surface area contributed by atoms with E-state index in [4.69, 9.17) is 15.6 Å². The van der Waals surface area contributed by atoms with E-state index in [0.29, 0.717) is 25.3 Å². The number of rotatable bonds is 10. The lowest BCUT2D eigenvalue weighted by atomic mass is 10.2. The van der Waals surface area contributed by atoms with E-state index in [1.54, 1.807) is 18.2 Å². The molecule has 0 aliphatic carbocycles. The van der Waals surface area contributed by atoms with Crippen molar-refractivity contribution in [2.45, 2.75) is 19.3 Å². The molecule has 20 heavy (non-hydrogen) atoms. The monoisotopic (exact) mass is 280 g/mol. The molecule has 1 aromatic rings. The van der Waals surface area contributed by atoms with Crippen molar-refractivity contribution in [2.24, 2.45) is 5.73 Å². The number of nitrogens with two attached hydrogens (primary N) is 1. The van der Waals surface area contributed by atoms with Gasteiger partial charge in [-0.1, -0.05) is 12.1 Å². The van der Waals surface area contributed by atoms with E-state index < -0.39 is 5.97 Å². The van der Waals surface area contributed by atoms with Crippen LogP contribution < -0.4 is 15.8 Å². The van der Waals surface area contributed by atoms with Crippen molar-refractivity contribution in [1.82, 2.24) is 5.32 Å². The van der Waals surface area contributed by atoms with Crippen LogP contribution in [0, 0.1) is 0 Å². The van der Waals surface area contributed by atoms with Crippen LogP contribution in [0.15, 0.2) is 24.3 Å². The number of amides is 1. The van der Waals surface area contributed by atoms with Gasteiger partial charge >= 0.3 is 5.97 Å². The molecular weight excluding hydrogens is 260 g/mol. The molecule has 4 N–H and O–H groups in total. The minimum absolute atomic E-state index is 0.161. The summed E-state index contributed by atoms with van der Waals surface area (Å²) in [5, 5.41) is 12.1. The largest absolute Gasteiger partial charge is 0.491 e. The predicted molar refractivity (Wildman–Crippen MR) is 74.8 cm³/mol. The van der Waals surface area contributed by atoms with Gasteiger partial charge in [0.25, 0.3) is 0 Å². The number of carbonyl (C=O) groups excluding carboxylic acids is 1. The van der Waals surface area contributed by atoms with Crippen molar-refractivity contribution >= 4 is 11.9 Å². The number of hydrogen-bond acceptors (Lipinski definition) is 4. The van der Waals surface area contributed by atoms with Gasteiger partial charge in [-0.25, -0.2) is 4.79 Å². The summed E-state index contributed by atoms with van der Waals surface area (Å²) in [6.07, 6.45) is 2.05. The Hall–Kier alpha value is -2.08. The van der Waals surface area contributed by atoms with Crippen molar-refractivity contribution in [3.8, 4) is 5.75 Å². The lowest BCUT2D eigenvalue weighted by Gasteiger charge is -2.09. The van der Waals surface area contributed by atoms with Gasteiger partial charge in [-0.15, -0.1) is 0 Å². The highest BCUT2D eigenvalue weighted by molar-refractivity contribution is 5.90. The molecule has 0 heterocycles. The number of nitrogens with one attached hydrogen (secondary N) is 1. The van der Waals surface area contributed by atoms with E-state index in [1.165, 1.54) is 6.07 Å². The molecule has 1 aromatic carbocycles. The molecule has 0 saturated carbocycles. The van der Waals surface area contributed by atoms with Gasteiger partial charge in [0.05, 0.1) is 0 Å². The summed E-state index contributed by atoms with van der Waals surface area (Å²) in [6.45, 7) is 1.78. The van der Waals surface area contributed by atoms with Gasteiger partial charge in [-0.2, -0.15) is 0 Å². The molecule has 0 bridgehead atoms. The molecule has 0 spiro atoms. The molecule has 0 aromatic heterocycles. The highest BCUT2D eigenvalue weighted by atomic mass is 16.5. The Morgan fingerprint density at radius 3 is 2.65 bits per heavy atom. The molecule has 0 atom stereocenters. The van der Waals surface area contributed by atoms with Crippen LogP contribution in [0.4, 0.5) is 0 Å². The average molecular weight is 280 g/mol. The van der Waals surface area contributed by atoms with E-state index in [1.807, 2.05) is 0 Å². The van der Waals surface area contributed by atoms with E-state index in [2.05, 4.69) is 5.32 Å². The van der Waals surface area contributed by atoms with Gasteiger partial charge in [0.1, 0.15) is 17.9 Å². The minimum atomic E-state index is -1.000. The molecule has 6 nitrogen and oxygen atoms in total. The quantitative estimate of drug-likeness (QED) is 0.555. The summed E-state index contributed by atoms with van der Waals surface area (Å²) in [5.74, 6) is -0.908. The number of carboxylic acids is 1. The van der Waals surface area contributed by atoms with E-state index >= 15 is 0 Å². The van der Waals surface area contributed by atoms with Gasteiger partial charge in [-0.3, -0.25) is 4.79 Å². The average Bonchev–Trinajstić information content (AvgIpc) is 2.41. The highest BCUT2D eigenvalue weighted by Gasteiger charge is 2.09. The summed E-state index contributed by atoms with van der Waals surface area (Å²) < 4.78 is 5.43. The van der Waals surface area contributed by atoms with Crippen molar-refractivity contribution < 1.29 is 19.4 Å². The van der Waals surface area contributed by atoms with Crippen LogP contribution in [-0.2, 0) is 4.79 Å². The second kappa shape index (κ2) is 8.92. The number of para-hydroxylation sites is 1. The topological polar surface area (TPSA) is 102 Å². The second-order valence-corrected chi connectivity index (χ2v) is 4.32. The van der Waals surface area contributed by atoms with Crippen LogP contribution in [0.5, 0.6) is 5.75 Å². The third kappa shape index (κ3) is 6.19. The Balaban J connectivity index is 2.15. The van der Waals surface area contributed by atoms with Gasteiger partial charge in [-0.05, 0) is 31.5 Å². The Morgan fingerprint density at radius 2 is 1.95 bits per heavy atom. The second-order valence-electron chi connectivity index (χ2n) is 4.32.